The Labute approximate surface area is 133 Å². The second kappa shape index (κ2) is 6.17. The first-order chi connectivity index (χ1) is 10.9. The highest BCUT2D eigenvalue weighted by Gasteiger charge is 2.25. The molecule has 0 amide bonds. The second-order valence-corrected chi connectivity index (χ2v) is 6.81. The van der Waals surface area contributed by atoms with E-state index in [1.54, 1.807) is 12.1 Å². The quantitative estimate of drug-likeness (QED) is 0.802. The van der Waals surface area contributed by atoms with Crippen LogP contribution in [0.15, 0.2) is 47.4 Å². The van der Waals surface area contributed by atoms with Gasteiger partial charge in [-0.05, 0) is 31.2 Å². The topological polar surface area (TPSA) is 61.8 Å². The highest BCUT2D eigenvalue weighted by molar-refractivity contribution is 7.86. The Morgan fingerprint density at radius 1 is 1.17 bits per heavy atom. The van der Waals surface area contributed by atoms with Crippen LogP contribution in [-0.4, -0.2) is 27.7 Å². The van der Waals surface area contributed by atoms with Crippen LogP contribution >= 0.6 is 0 Å². The Bertz CT molecular complexity index is 802. The fraction of sp³-hybridized carbons (Fsp3) is 0.250. The predicted octanol–water partition coefficient (Wildman–Crippen LogP) is 2.68. The maximum atomic E-state index is 13.1. The molecule has 23 heavy (non-hydrogen) atoms. The fourth-order valence-electron chi connectivity index (χ4n) is 2.11. The lowest BCUT2D eigenvalue weighted by molar-refractivity contribution is 0.0551. The minimum Gasteiger partial charge on any atom is -0.486 e. The van der Waals surface area contributed by atoms with Gasteiger partial charge in [0.2, 0.25) is 0 Å². The van der Waals surface area contributed by atoms with E-state index in [0.29, 0.717) is 11.5 Å². The monoisotopic (exact) mass is 338 g/mol. The van der Waals surface area contributed by atoms with Crippen molar-refractivity contribution < 1.29 is 26.5 Å². The zero-order valence-electron chi connectivity index (χ0n) is 12.4. The highest BCUT2D eigenvalue weighted by Crippen LogP contribution is 2.32. The van der Waals surface area contributed by atoms with Crippen LogP contribution in [0, 0.1) is 12.7 Å². The highest BCUT2D eigenvalue weighted by atomic mass is 32.2. The SMILES string of the molecule is Cc1ccc(S(=O)(=O)OCC2COc3cc(F)ccc3O2)cc1. The Balaban J connectivity index is 1.65. The molecule has 0 radical (unpaired) electrons. The lowest BCUT2D eigenvalue weighted by Gasteiger charge is -2.26. The minimum absolute atomic E-state index is 0.0832. The van der Waals surface area contributed by atoms with E-state index in [1.165, 1.54) is 30.3 Å². The van der Waals surface area contributed by atoms with E-state index >= 15 is 0 Å². The summed E-state index contributed by atoms with van der Waals surface area (Å²) in [5.74, 6) is 0.227. The van der Waals surface area contributed by atoms with E-state index in [9.17, 15) is 12.8 Å². The van der Waals surface area contributed by atoms with Crippen LogP contribution in [0.5, 0.6) is 11.5 Å². The van der Waals surface area contributed by atoms with E-state index in [1.807, 2.05) is 6.92 Å². The average molecular weight is 338 g/mol. The molecule has 0 saturated carbocycles. The Morgan fingerprint density at radius 2 is 1.91 bits per heavy atom. The van der Waals surface area contributed by atoms with Crippen LogP contribution in [0.1, 0.15) is 5.56 Å². The molecular formula is C16H15FO5S. The van der Waals surface area contributed by atoms with Crippen molar-refractivity contribution in [2.75, 3.05) is 13.2 Å². The molecule has 122 valence electrons. The summed E-state index contributed by atoms with van der Waals surface area (Å²) >= 11 is 0. The number of hydrogen-bond acceptors (Lipinski definition) is 5. The minimum atomic E-state index is -3.86. The summed E-state index contributed by atoms with van der Waals surface area (Å²) in [6, 6.07) is 10.3. The molecular weight excluding hydrogens is 323 g/mol. The lowest BCUT2D eigenvalue weighted by Crippen LogP contribution is -2.34. The molecule has 1 heterocycles. The van der Waals surface area contributed by atoms with E-state index in [0.717, 1.165) is 5.56 Å². The van der Waals surface area contributed by atoms with Gasteiger partial charge in [0, 0.05) is 6.07 Å². The first-order valence-corrected chi connectivity index (χ1v) is 8.40. The van der Waals surface area contributed by atoms with E-state index in [2.05, 4.69) is 0 Å². The van der Waals surface area contributed by atoms with Gasteiger partial charge >= 0.3 is 0 Å². The van der Waals surface area contributed by atoms with Crippen molar-refractivity contribution in [1.82, 2.24) is 0 Å². The van der Waals surface area contributed by atoms with Gasteiger partial charge in [-0.15, -0.1) is 0 Å². The standard InChI is InChI=1S/C16H15FO5S/c1-11-2-5-14(6-3-11)23(18,19)21-10-13-9-20-16-8-12(17)4-7-15(16)22-13/h2-8,13H,9-10H2,1H3. The van der Waals surface area contributed by atoms with Crippen LogP contribution in [0.3, 0.4) is 0 Å². The van der Waals surface area contributed by atoms with Crippen molar-refractivity contribution in [3.63, 3.8) is 0 Å². The second-order valence-electron chi connectivity index (χ2n) is 5.19. The molecule has 5 nitrogen and oxygen atoms in total. The van der Waals surface area contributed by atoms with Gasteiger partial charge < -0.3 is 9.47 Å². The van der Waals surface area contributed by atoms with E-state index in [4.69, 9.17) is 13.7 Å². The average Bonchev–Trinajstić information content (AvgIpc) is 2.53. The normalized spacial score (nSPS) is 17.0. The smallest absolute Gasteiger partial charge is 0.297 e. The van der Waals surface area contributed by atoms with Crippen molar-refractivity contribution in [3.8, 4) is 11.5 Å². The molecule has 0 aliphatic carbocycles. The molecule has 0 fully saturated rings. The molecule has 1 atom stereocenters. The van der Waals surface area contributed by atoms with Gasteiger partial charge in [0.15, 0.2) is 17.6 Å². The van der Waals surface area contributed by atoms with Gasteiger partial charge in [-0.3, -0.25) is 4.18 Å². The third kappa shape index (κ3) is 3.62. The molecule has 0 aromatic heterocycles. The van der Waals surface area contributed by atoms with Gasteiger partial charge in [0.05, 0.1) is 4.90 Å². The molecule has 2 aromatic rings. The zero-order chi connectivity index (χ0) is 16.4. The van der Waals surface area contributed by atoms with Crippen LogP contribution in [0.25, 0.3) is 0 Å². The first kappa shape index (κ1) is 15.8. The van der Waals surface area contributed by atoms with E-state index in [-0.39, 0.29) is 18.1 Å². The molecule has 0 saturated heterocycles. The van der Waals surface area contributed by atoms with Crippen molar-refractivity contribution in [2.45, 2.75) is 17.9 Å². The van der Waals surface area contributed by atoms with Gasteiger partial charge in [0.25, 0.3) is 10.1 Å². The maximum absolute atomic E-state index is 13.1. The van der Waals surface area contributed by atoms with Crippen molar-refractivity contribution in [2.24, 2.45) is 0 Å². The number of benzene rings is 2. The lowest BCUT2D eigenvalue weighted by atomic mass is 10.2. The van der Waals surface area contributed by atoms with E-state index < -0.39 is 22.0 Å². The van der Waals surface area contributed by atoms with Crippen LogP contribution in [-0.2, 0) is 14.3 Å². The maximum Gasteiger partial charge on any atom is 0.297 e. The summed E-state index contributed by atoms with van der Waals surface area (Å²) in [5.41, 5.74) is 0.955. The number of rotatable bonds is 4. The summed E-state index contributed by atoms with van der Waals surface area (Å²) in [7, 11) is -3.86. The molecule has 0 N–H and O–H groups in total. The summed E-state index contributed by atoms with van der Waals surface area (Å²) in [5, 5.41) is 0. The van der Waals surface area contributed by atoms with Crippen molar-refractivity contribution in [3.05, 3.63) is 53.8 Å². The van der Waals surface area contributed by atoms with Crippen molar-refractivity contribution >= 4 is 10.1 Å². The largest absolute Gasteiger partial charge is 0.486 e. The third-order valence-electron chi connectivity index (χ3n) is 3.34. The summed E-state index contributed by atoms with van der Waals surface area (Å²) in [6.07, 6.45) is -0.590. The number of aryl methyl sites for hydroxylation is 1. The van der Waals surface area contributed by atoms with Crippen LogP contribution in [0.2, 0.25) is 0 Å². The molecule has 0 bridgehead atoms. The number of halogens is 1. The molecule has 0 spiro atoms. The number of fused-ring (bicyclic) bond motifs is 1. The number of hydrogen-bond donors (Lipinski definition) is 0. The fourth-order valence-corrected chi connectivity index (χ4v) is 3.05. The van der Waals surface area contributed by atoms with Crippen molar-refractivity contribution in [1.29, 1.82) is 0 Å². The van der Waals surface area contributed by atoms with Gasteiger partial charge in [-0.1, -0.05) is 17.7 Å². The van der Waals surface area contributed by atoms with Crippen LogP contribution in [0.4, 0.5) is 4.39 Å². The third-order valence-corrected chi connectivity index (χ3v) is 4.64. The molecule has 3 rings (SSSR count). The first-order valence-electron chi connectivity index (χ1n) is 6.99. The van der Waals surface area contributed by atoms with Gasteiger partial charge in [0.1, 0.15) is 19.0 Å². The Hall–Kier alpha value is -2.12. The molecule has 2 aromatic carbocycles. The van der Waals surface area contributed by atoms with Crippen LogP contribution < -0.4 is 9.47 Å². The van der Waals surface area contributed by atoms with Gasteiger partial charge in [-0.25, -0.2) is 4.39 Å². The zero-order valence-corrected chi connectivity index (χ0v) is 13.2. The molecule has 1 aliphatic rings. The summed E-state index contributed by atoms with van der Waals surface area (Å²) in [4.78, 5) is 0.0855. The van der Waals surface area contributed by atoms with Gasteiger partial charge in [-0.2, -0.15) is 8.42 Å². The Morgan fingerprint density at radius 3 is 2.65 bits per heavy atom. The Kier molecular flexibility index (Phi) is 4.23. The molecule has 7 heteroatoms. The molecule has 1 aliphatic heterocycles. The molecule has 1 unspecified atom stereocenters. The predicted molar refractivity (Wildman–Crippen MR) is 80.6 cm³/mol. The summed E-state index contributed by atoms with van der Waals surface area (Å²) < 4.78 is 53.2. The number of ether oxygens (including phenoxy) is 2. The summed E-state index contributed by atoms with van der Waals surface area (Å²) in [6.45, 7) is 1.76.